The Morgan fingerprint density at radius 3 is 2.21 bits per heavy atom. The highest BCUT2D eigenvalue weighted by molar-refractivity contribution is 8.45. The normalized spacial score (nSPS) is 22.1. The average molecular weight is 504 g/mol. The minimum absolute atomic E-state index is 0.0795. The van der Waals surface area contributed by atoms with Gasteiger partial charge >= 0.3 is 10.2 Å². The number of ketones is 1. The van der Waals surface area contributed by atoms with Crippen LogP contribution in [0.2, 0.25) is 0 Å². The predicted octanol–water partition coefficient (Wildman–Crippen LogP) is 7.08. The predicted molar refractivity (Wildman–Crippen MR) is 119 cm³/mol. The molecule has 0 amide bonds. The number of Topliss-reactive ketones (excluding diaryl/α,β-unsaturated/α-hetero) is 1. The first-order chi connectivity index (χ1) is 15.8. The van der Waals surface area contributed by atoms with E-state index >= 15 is 0 Å². The van der Waals surface area contributed by atoms with Crippen molar-refractivity contribution in [3.05, 3.63) is 71.7 Å². The minimum atomic E-state index is -9.80. The number of nitrogens with two attached hydrogens (primary N) is 1. The van der Waals surface area contributed by atoms with Gasteiger partial charge in [0.25, 0.3) is 0 Å². The Labute approximate surface area is 192 Å². The molecule has 0 spiro atoms. The molecule has 1 fully saturated rings. The zero-order chi connectivity index (χ0) is 24.8. The van der Waals surface area contributed by atoms with Crippen LogP contribution in [-0.2, 0) is 4.79 Å². The molecular formula is C23H23F6N3OS. The van der Waals surface area contributed by atoms with Crippen molar-refractivity contribution in [3.63, 3.8) is 0 Å². The van der Waals surface area contributed by atoms with Crippen LogP contribution in [0.25, 0.3) is 10.9 Å². The molecule has 1 aliphatic carbocycles. The number of hydrogen-bond donors (Lipinski definition) is 2. The van der Waals surface area contributed by atoms with E-state index in [1.54, 1.807) is 12.3 Å². The Balaban J connectivity index is 1.48. The number of carbonyl (C=O) groups is 1. The van der Waals surface area contributed by atoms with E-state index in [4.69, 9.17) is 5.84 Å². The number of rotatable bonds is 6. The van der Waals surface area contributed by atoms with E-state index in [0.717, 1.165) is 23.1 Å². The SMILES string of the molecule is NNC(C(=O)C1CCC(c2ccnc3ccc(F)cc23)CC1)c1ccc(S(F)(F)(F)(F)F)cc1. The van der Waals surface area contributed by atoms with Gasteiger partial charge in [-0.15, -0.1) is 0 Å². The number of nitrogens with zero attached hydrogens (tertiary/aromatic N) is 1. The van der Waals surface area contributed by atoms with Crippen LogP contribution in [0.1, 0.15) is 48.8 Å². The number of hydrogen-bond acceptors (Lipinski definition) is 4. The summed E-state index contributed by atoms with van der Waals surface area (Å²) in [6.07, 6.45) is 3.96. The molecule has 1 atom stereocenters. The molecule has 3 aromatic rings. The Hall–Kier alpha value is -2.63. The molecule has 11 heteroatoms. The van der Waals surface area contributed by atoms with Gasteiger partial charge in [-0.2, -0.15) is 0 Å². The third kappa shape index (κ3) is 5.06. The van der Waals surface area contributed by atoms with Crippen molar-refractivity contribution in [1.82, 2.24) is 10.4 Å². The lowest BCUT2D eigenvalue weighted by molar-refractivity contribution is -0.126. The van der Waals surface area contributed by atoms with E-state index in [9.17, 15) is 28.6 Å². The van der Waals surface area contributed by atoms with Gasteiger partial charge in [-0.25, -0.2) is 9.82 Å². The zero-order valence-corrected chi connectivity index (χ0v) is 18.7. The van der Waals surface area contributed by atoms with E-state index in [1.807, 2.05) is 6.07 Å². The third-order valence-electron chi connectivity index (χ3n) is 6.42. The lowest BCUT2D eigenvalue weighted by Gasteiger charge is -2.40. The fourth-order valence-corrected chi connectivity index (χ4v) is 5.33. The first-order valence-electron chi connectivity index (χ1n) is 10.6. The van der Waals surface area contributed by atoms with Gasteiger partial charge in [0.2, 0.25) is 0 Å². The third-order valence-corrected chi connectivity index (χ3v) is 7.58. The molecule has 1 aromatic heterocycles. The number of aromatic nitrogens is 1. The number of halogens is 6. The first-order valence-corrected chi connectivity index (χ1v) is 12.6. The summed E-state index contributed by atoms with van der Waals surface area (Å²) in [5.41, 5.74) is 4.02. The van der Waals surface area contributed by atoms with Gasteiger partial charge in [0, 0.05) is 17.5 Å². The van der Waals surface area contributed by atoms with E-state index in [2.05, 4.69) is 10.4 Å². The monoisotopic (exact) mass is 503 g/mol. The molecule has 184 valence electrons. The number of nitrogens with one attached hydrogen (secondary N) is 1. The van der Waals surface area contributed by atoms with Crippen molar-refractivity contribution in [2.24, 2.45) is 11.8 Å². The summed E-state index contributed by atoms with van der Waals surface area (Å²) < 4.78 is 78.7. The summed E-state index contributed by atoms with van der Waals surface area (Å²) in [6, 6.07) is 7.38. The second-order valence-corrected chi connectivity index (χ2v) is 11.1. The Bertz CT molecular complexity index is 1230. The van der Waals surface area contributed by atoms with Gasteiger partial charge < -0.3 is 0 Å². The second-order valence-electron chi connectivity index (χ2n) is 8.65. The minimum Gasteiger partial charge on any atom is -0.297 e. The summed E-state index contributed by atoms with van der Waals surface area (Å²) in [6.45, 7) is 0. The maximum atomic E-state index is 13.8. The van der Waals surface area contributed by atoms with Crippen molar-refractivity contribution >= 4 is 26.9 Å². The Morgan fingerprint density at radius 2 is 1.62 bits per heavy atom. The first kappa shape index (κ1) is 24.5. The fourth-order valence-electron chi connectivity index (χ4n) is 4.68. The number of benzene rings is 2. The molecule has 0 radical (unpaired) electrons. The molecule has 0 aliphatic heterocycles. The van der Waals surface area contributed by atoms with E-state index < -0.39 is 27.1 Å². The molecule has 4 rings (SSSR count). The van der Waals surface area contributed by atoms with Gasteiger partial charge in [-0.1, -0.05) is 31.6 Å². The number of carbonyl (C=O) groups excluding carboxylic acids is 1. The van der Waals surface area contributed by atoms with Crippen molar-refractivity contribution < 1.29 is 28.6 Å². The van der Waals surface area contributed by atoms with Crippen molar-refractivity contribution in [1.29, 1.82) is 0 Å². The van der Waals surface area contributed by atoms with Crippen LogP contribution < -0.4 is 11.3 Å². The molecule has 34 heavy (non-hydrogen) atoms. The number of hydrazine groups is 1. The zero-order valence-electron chi connectivity index (χ0n) is 17.9. The molecule has 4 nitrogen and oxygen atoms in total. The van der Waals surface area contributed by atoms with Gasteiger partial charge in [-0.05, 0) is 79.1 Å². The molecular weight excluding hydrogens is 480 g/mol. The van der Waals surface area contributed by atoms with Crippen LogP contribution in [0.15, 0.2) is 59.6 Å². The maximum Gasteiger partial charge on any atom is 0.310 e. The van der Waals surface area contributed by atoms with E-state index in [-0.39, 0.29) is 35.2 Å². The molecule has 0 bridgehead atoms. The molecule has 1 heterocycles. The molecule has 1 saturated carbocycles. The largest absolute Gasteiger partial charge is 0.310 e. The summed E-state index contributed by atoms with van der Waals surface area (Å²) in [7, 11) is -9.80. The van der Waals surface area contributed by atoms with E-state index in [1.165, 1.54) is 12.1 Å². The summed E-state index contributed by atoms with van der Waals surface area (Å²) >= 11 is 0. The van der Waals surface area contributed by atoms with Crippen LogP contribution >= 0.6 is 10.2 Å². The molecule has 2 aromatic carbocycles. The highest BCUT2D eigenvalue weighted by Crippen LogP contribution is 3.02. The van der Waals surface area contributed by atoms with Crippen LogP contribution in [0.5, 0.6) is 0 Å². The van der Waals surface area contributed by atoms with Crippen LogP contribution in [0.3, 0.4) is 0 Å². The van der Waals surface area contributed by atoms with Gasteiger partial charge in [0.1, 0.15) is 16.8 Å². The lowest BCUT2D eigenvalue weighted by Crippen LogP contribution is -2.38. The number of pyridine rings is 1. The van der Waals surface area contributed by atoms with Crippen molar-refractivity contribution in [3.8, 4) is 0 Å². The summed E-state index contributed by atoms with van der Waals surface area (Å²) in [5.74, 6) is 4.52. The molecule has 1 unspecified atom stereocenters. The Morgan fingerprint density at radius 1 is 0.971 bits per heavy atom. The van der Waals surface area contributed by atoms with Gasteiger partial charge in [0.05, 0.1) is 5.52 Å². The van der Waals surface area contributed by atoms with Gasteiger partial charge in [-0.3, -0.25) is 15.6 Å². The van der Waals surface area contributed by atoms with Crippen LogP contribution in [0, 0.1) is 11.7 Å². The fraction of sp³-hybridized carbons (Fsp3) is 0.304. The smallest absolute Gasteiger partial charge is 0.297 e. The maximum absolute atomic E-state index is 13.8. The van der Waals surface area contributed by atoms with Crippen molar-refractivity contribution in [2.75, 3.05) is 0 Å². The van der Waals surface area contributed by atoms with E-state index in [0.29, 0.717) is 31.2 Å². The van der Waals surface area contributed by atoms with Crippen LogP contribution in [0.4, 0.5) is 23.8 Å². The topological polar surface area (TPSA) is 68.0 Å². The summed E-state index contributed by atoms with van der Waals surface area (Å²) in [4.78, 5) is 15.3. The second kappa shape index (κ2) is 7.96. The van der Waals surface area contributed by atoms with Crippen molar-refractivity contribution in [2.45, 2.75) is 42.5 Å². The Kier molecular flexibility index (Phi) is 5.73. The lowest BCUT2D eigenvalue weighted by atomic mass is 9.75. The number of fused-ring (bicyclic) bond motifs is 1. The standard InChI is InChI=1S/C23H23F6N3OS/c24-17-7-10-21-20(13-17)19(11-12-31-21)14-1-3-16(4-2-14)23(33)22(32-30)15-5-8-18(9-6-15)34(25,26,27,28)29/h5-14,16,22,32H,1-4,30H2. The average Bonchev–Trinajstić information content (AvgIpc) is 2.78. The van der Waals surface area contributed by atoms with Crippen LogP contribution in [-0.4, -0.2) is 10.8 Å². The molecule has 3 N–H and O–H groups in total. The highest BCUT2D eigenvalue weighted by atomic mass is 32.5. The summed E-state index contributed by atoms with van der Waals surface area (Å²) in [5, 5.41) is 0.725. The highest BCUT2D eigenvalue weighted by Gasteiger charge is 2.65. The quantitative estimate of drug-likeness (QED) is 0.214. The molecule has 0 saturated heterocycles. The molecule has 1 aliphatic rings. The van der Waals surface area contributed by atoms with Gasteiger partial charge in [0.15, 0.2) is 5.78 Å².